The molecule has 1 heterocycles. The molecular formula is C14H19N5O4. The Morgan fingerprint density at radius 2 is 1.48 bits per heavy atom. The molecule has 0 atom stereocenters. The number of ether oxygens (including phenoxy) is 1. The second kappa shape index (κ2) is 7.68. The zero-order valence-corrected chi connectivity index (χ0v) is 13.7. The van der Waals surface area contributed by atoms with E-state index in [1.54, 1.807) is 14.2 Å². The summed E-state index contributed by atoms with van der Waals surface area (Å²) in [7, 11) is 7.65. The molecule has 0 aliphatic rings. The van der Waals surface area contributed by atoms with Crippen LogP contribution in [0.4, 0.5) is 11.9 Å². The van der Waals surface area contributed by atoms with Crippen LogP contribution in [-0.4, -0.2) is 50.4 Å². The molecule has 2 rings (SSSR count). The highest BCUT2D eigenvalue weighted by Crippen LogP contribution is 2.29. The number of aromatic nitrogens is 3. The number of hydrogen-bond acceptors (Lipinski definition) is 9. The van der Waals surface area contributed by atoms with Crippen molar-refractivity contribution in [2.75, 3.05) is 45.8 Å². The second-order valence-electron chi connectivity index (χ2n) is 4.26. The van der Waals surface area contributed by atoms with Gasteiger partial charge in [-0.25, -0.2) is 14.7 Å². The average Bonchev–Trinajstić information content (AvgIpc) is 2.61. The number of para-hydroxylation sites is 1. The number of anilines is 2. The summed E-state index contributed by atoms with van der Waals surface area (Å²) < 4.78 is 5.36. The number of rotatable bonds is 7. The van der Waals surface area contributed by atoms with Crippen molar-refractivity contribution in [3.63, 3.8) is 0 Å². The largest absolute Gasteiger partial charge is 0.496 e. The van der Waals surface area contributed by atoms with Crippen molar-refractivity contribution >= 4 is 11.9 Å². The minimum Gasteiger partial charge on any atom is -0.496 e. The van der Waals surface area contributed by atoms with E-state index in [1.165, 1.54) is 26.4 Å². The zero-order valence-electron chi connectivity index (χ0n) is 13.7. The Hall–Kier alpha value is -2.49. The molecule has 1 aromatic heterocycles. The molecule has 0 fully saturated rings. The number of benzene rings is 1. The van der Waals surface area contributed by atoms with E-state index in [1.807, 2.05) is 24.3 Å². The van der Waals surface area contributed by atoms with Crippen LogP contribution < -0.4 is 15.0 Å². The van der Waals surface area contributed by atoms with E-state index in [2.05, 4.69) is 15.0 Å². The lowest BCUT2D eigenvalue weighted by molar-refractivity contribution is -0.0472. The van der Waals surface area contributed by atoms with Gasteiger partial charge in [-0.15, -0.1) is 0 Å². The van der Waals surface area contributed by atoms with Crippen LogP contribution in [-0.2, 0) is 14.5 Å². The molecule has 9 heteroatoms. The summed E-state index contributed by atoms with van der Waals surface area (Å²) in [5.41, 5.74) is 0.705. The van der Waals surface area contributed by atoms with Crippen LogP contribution in [0.1, 0.15) is 0 Å². The molecule has 0 bridgehead atoms. The summed E-state index contributed by atoms with van der Waals surface area (Å²) in [4.78, 5) is 28.3. The van der Waals surface area contributed by atoms with Gasteiger partial charge >= 0.3 is 0 Å². The first-order valence-electron chi connectivity index (χ1n) is 6.70. The van der Waals surface area contributed by atoms with Gasteiger partial charge in [0, 0.05) is 7.05 Å². The molecule has 0 amide bonds. The number of hydroxylamine groups is 1. The van der Waals surface area contributed by atoms with Crippen molar-refractivity contribution in [3.8, 4) is 17.1 Å². The fraction of sp³-hybridized carbons (Fsp3) is 0.357. The third-order valence-corrected chi connectivity index (χ3v) is 3.01. The van der Waals surface area contributed by atoms with Crippen LogP contribution in [0.5, 0.6) is 5.75 Å². The van der Waals surface area contributed by atoms with Gasteiger partial charge in [0.15, 0.2) is 5.82 Å². The molecule has 0 spiro atoms. The number of hydrogen-bond donors (Lipinski definition) is 0. The minimum absolute atomic E-state index is 0.171. The van der Waals surface area contributed by atoms with Gasteiger partial charge in [-0.2, -0.15) is 15.0 Å². The monoisotopic (exact) mass is 321 g/mol. The van der Waals surface area contributed by atoms with E-state index in [9.17, 15) is 0 Å². The summed E-state index contributed by atoms with van der Waals surface area (Å²) >= 11 is 0. The Bertz CT molecular complexity index is 651. The third kappa shape index (κ3) is 3.65. The van der Waals surface area contributed by atoms with Gasteiger partial charge in [0.25, 0.3) is 11.9 Å². The van der Waals surface area contributed by atoms with Gasteiger partial charge in [-0.05, 0) is 12.1 Å². The quantitative estimate of drug-likeness (QED) is 0.704. The highest BCUT2D eigenvalue weighted by atomic mass is 16.9. The van der Waals surface area contributed by atoms with Crippen molar-refractivity contribution in [3.05, 3.63) is 24.3 Å². The molecule has 23 heavy (non-hydrogen) atoms. The number of nitrogens with zero attached hydrogens (tertiary/aromatic N) is 5. The third-order valence-electron chi connectivity index (χ3n) is 3.01. The first kappa shape index (κ1) is 16.9. The molecule has 9 nitrogen and oxygen atoms in total. The molecule has 0 saturated carbocycles. The van der Waals surface area contributed by atoms with Crippen molar-refractivity contribution in [1.82, 2.24) is 15.0 Å². The van der Waals surface area contributed by atoms with Crippen molar-refractivity contribution in [1.29, 1.82) is 0 Å². The van der Waals surface area contributed by atoms with Crippen LogP contribution in [0.25, 0.3) is 11.4 Å². The Morgan fingerprint density at radius 1 is 0.826 bits per heavy atom. The van der Waals surface area contributed by atoms with Crippen molar-refractivity contribution in [2.45, 2.75) is 0 Å². The Morgan fingerprint density at radius 3 is 2.09 bits per heavy atom. The van der Waals surface area contributed by atoms with Gasteiger partial charge in [-0.3, -0.25) is 4.84 Å². The predicted octanol–water partition coefficient (Wildman–Crippen LogP) is 1.47. The van der Waals surface area contributed by atoms with E-state index in [0.717, 1.165) is 5.23 Å². The molecule has 0 aliphatic heterocycles. The van der Waals surface area contributed by atoms with Crippen LogP contribution in [0.15, 0.2) is 24.3 Å². The first-order valence-corrected chi connectivity index (χ1v) is 6.70. The van der Waals surface area contributed by atoms with Crippen LogP contribution in [0, 0.1) is 0 Å². The van der Waals surface area contributed by atoms with E-state index >= 15 is 0 Å². The summed E-state index contributed by atoms with van der Waals surface area (Å²) in [5, 5.41) is 2.46. The van der Waals surface area contributed by atoms with E-state index in [-0.39, 0.29) is 11.9 Å². The van der Waals surface area contributed by atoms with Crippen molar-refractivity contribution in [2.24, 2.45) is 0 Å². The van der Waals surface area contributed by atoms with Crippen LogP contribution in [0.3, 0.4) is 0 Å². The predicted molar refractivity (Wildman–Crippen MR) is 83.7 cm³/mol. The Kier molecular flexibility index (Phi) is 5.63. The zero-order chi connectivity index (χ0) is 16.8. The van der Waals surface area contributed by atoms with Gasteiger partial charge < -0.3 is 4.74 Å². The lowest BCUT2D eigenvalue weighted by Gasteiger charge is -2.19. The highest BCUT2D eigenvalue weighted by Gasteiger charge is 2.18. The maximum atomic E-state index is 5.36. The van der Waals surface area contributed by atoms with Gasteiger partial charge in [0.05, 0.1) is 34.0 Å². The lowest BCUT2D eigenvalue weighted by Crippen LogP contribution is -2.25. The molecule has 0 unspecified atom stereocenters. The minimum atomic E-state index is 0.171. The molecule has 2 aromatic rings. The van der Waals surface area contributed by atoms with Gasteiger partial charge in [0.1, 0.15) is 5.75 Å². The maximum absolute atomic E-state index is 5.36. The standard InChI is InChI=1S/C14H19N5O4/c1-18(21-3)13-15-12(10-8-6-7-9-11(10)20-2)16-14(17-13)19(22-4)23-5/h6-9H,1-5H3. The molecule has 124 valence electrons. The summed E-state index contributed by atoms with van der Waals surface area (Å²) in [5.74, 6) is 1.49. The Labute approximate surface area is 134 Å². The lowest BCUT2D eigenvalue weighted by atomic mass is 10.2. The van der Waals surface area contributed by atoms with Gasteiger partial charge in [0.2, 0.25) is 0 Å². The van der Waals surface area contributed by atoms with E-state index in [0.29, 0.717) is 17.1 Å². The SMILES string of the molecule is COc1ccccc1-c1nc(N(C)OC)nc(N(OC)OC)n1. The van der Waals surface area contributed by atoms with E-state index < -0.39 is 0 Å². The highest BCUT2D eigenvalue weighted by molar-refractivity contribution is 5.65. The van der Waals surface area contributed by atoms with E-state index in [4.69, 9.17) is 19.2 Å². The second-order valence-corrected chi connectivity index (χ2v) is 4.26. The first-order chi connectivity index (χ1) is 11.1. The molecule has 0 aliphatic carbocycles. The molecule has 0 N–H and O–H groups in total. The average molecular weight is 321 g/mol. The fourth-order valence-corrected chi connectivity index (χ4v) is 1.85. The number of methoxy groups -OCH3 is 1. The van der Waals surface area contributed by atoms with Crippen LogP contribution >= 0.6 is 0 Å². The summed E-state index contributed by atoms with van der Waals surface area (Å²) in [6, 6.07) is 7.40. The molecule has 1 aromatic carbocycles. The van der Waals surface area contributed by atoms with Crippen LogP contribution in [0.2, 0.25) is 0 Å². The molecule has 0 saturated heterocycles. The topological polar surface area (TPSA) is 82.1 Å². The normalized spacial score (nSPS) is 10.5. The fourth-order valence-electron chi connectivity index (χ4n) is 1.85. The summed E-state index contributed by atoms with van der Waals surface area (Å²) in [6.07, 6.45) is 0. The molecular weight excluding hydrogens is 302 g/mol. The summed E-state index contributed by atoms with van der Waals surface area (Å²) in [6.45, 7) is 0. The maximum Gasteiger partial charge on any atom is 0.283 e. The smallest absolute Gasteiger partial charge is 0.283 e. The Balaban J connectivity index is 2.60. The molecule has 0 radical (unpaired) electrons. The van der Waals surface area contributed by atoms with Gasteiger partial charge in [-0.1, -0.05) is 17.4 Å². The van der Waals surface area contributed by atoms with Crippen molar-refractivity contribution < 1.29 is 19.2 Å².